The first-order chi connectivity index (χ1) is 8.86. The second kappa shape index (κ2) is 5.70. The zero-order valence-corrected chi connectivity index (χ0v) is 14.8. The molecule has 0 radical (unpaired) electrons. The normalized spacial score (nSPS) is 27.9. The Morgan fingerprint density at radius 3 is 2.45 bits per heavy atom. The van der Waals surface area contributed by atoms with Crippen LogP contribution in [0.25, 0.3) is 0 Å². The fourth-order valence-electron chi connectivity index (χ4n) is 1.98. The zero-order valence-electron chi connectivity index (χ0n) is 13.8. The van der Waals surface area contributed by atoms with Crippen LogP contribution >= 0.6 is 0 Å². The summed E-state index contributed by atoms with van der Waals surface area (Å²) in [6.07, 6.45) is -0.0748. The van der Waals surface area contributed by atoms with Crippen LogP contribution in [0.3, 0.4) is 0 Å². The molecule has 0 aromatic rings. The van der Waals surface area contributed by atoms with Crippen LogP contribution in [0.15, 0.2) is 0 Å². The van der Waals surface area contributed by atoms with E-state index in [0.29, 0.717) is 13.0 Å². The van der Waals surface area contributed by atoms with Gasteiger partial charge in [0, 0.05) is 12.8 Å². The van der Waals surface area contributed by atoms with Gasteiger partial charge in [0.15, 0.2) is 14.1 Å². The van der Waals surface area contributed by atoms with Crippen molar-refractivity contribution in [2.75, 3.05) is 6.61 Å². The highest BCUT2D eigenvalue weighted by Gasteiger charge is 2.45. The van der Waals surface area contributed by atoms with E-state index in [1.54, 1.807) is 0 Å². The standard InChI is InChI=1S/C15H28O4Si/c1-11(16)8-13-12(17)9-15(5,19-13)10-18-20(6,7)14(2,3)4/h13H,8-10H2,1-7H3/t13?,15-/m1/s1. The Morgan fingerprint density at radius 2 is 2.00 bits per heavy atom. The van der Waals surface area contributed by atoms with Crippen LogP contribution in [0.2, 0.25) is 18.1 Å². The van der Waals surface area contributed by atoms with Gasteiger partial charge in [0.05, 0.1) is 12.2 Å². The number of rotatable bonds is 5. The van der Waals surface area contributed by atoms with E-state index < -0.39 is 20.0 Å². The van der Waals surface area contributed by atoms with Gasteiger partial charge in [-0.05, 0) is 32.0 Å². The van der Waals surface area contributed by atoms with Crippen LogP contribution in [-0.4, -0.2) is 38.2 Å². The van der Waals surface area contributed by atoms with Crippen molar-refractivity contribution in [2.45, 2.75) is 77.3 Å². The summed E-state index contributed by atoms with van der Waals surface area (Å²) in [6.45, 7) is 14.7. The minimum Gasteiger partial charge on any atom is -0.414 e. The average Bonchev–Trinajstić information content (AvgIpc) is 2.50. The molecule has 116 valence electrons. The zero-order chi connectivity index (χ0) is 15.8. The summed E-state index contributed by atoms with van der Waals surface area (Å²) in [5, 5.41) is 0.130. The molecule has 0 saturated carbocycles. The second-order valence-corrected chi connectivity index (χ2v) is 12.5. The molecule has 1 heterocycles. The van der Waals surface area contributed by atoms with Gasteiger partial charge in [-0.25, -0.2) is 0 Å². The van der Waals surface area contributed by atoms with E-state index in [9.17, 15) is 9.59 Å². The molecule has 1 unspecified atom stereocenters. The molecule has 0 aliphatic carbocycles. The number of hydrogen-bond acceptors (Lipinski definition) is 4. The summed E-state index contributed by atoms with van der Waals surface area (Å²) >= 11 is 0. The van der Waals surface area contributed by atoms with Crippen molar-refractivity contribution in [1.29, 1.82) is 0 Å². The molecule has 4 nitrogen and oxygen atoms in total. The number of Topliss-reactive ketones (excluding diaryl/α,β-unsaturated/α-hetero) is 2. The van der Waals surface area contributed by atoms with Gasteiger partial charge in [0.25, 0.3) is 0 Å². The van der Waals surface area contributed by atoms with Gasteiger partial charge >= 0.3 is 0 Å². The summed E-state index contributed by atoms with van der Waals surface area (Å²) in [4.78, 5) is 23.1. The lowest BCUT2D eigenvalue weighted by atomic mass is 10.0. The van der Waals surface area contributed by atoms with Crippen LogP contribution < -0.4 is 0 Å². The van der Waals surface area contributed by atoms with Crippen molar-refractivity contribution in [3.05, 3.63) is 0 Å². The molecule has 1 fully saturated rings. The highest BCUT2D eigenvalue weighted by atomic mass is 28.4. The third-order valence-corrected chi connectivity index (χ3v) is 8.83. The van der Waals surface area contributed by atoms with Crippen LogP contribution in [0.4, 0.5) is 0 Å². The molecule has 0 aromatic heterocycles. The van der Waals surface area contributed by atoms with Crippen molar-refractivity contribution in [3.8, 4) is 0 Å². The first kappa shape index (κ1) is 17.5. The van der Waals surface area contributed by atoms with Gasteiger partial charge in [-0.15, -0.1) is 0 Å². The van der Waals surface area contributed by atoms with Crippen molar-refractivity contribution in [3.63, 3.8) is 0 Å². The number of ether oxygens (including phenoxy) is 1. The van der Waals surface area contributed by atoms with Crippen LogP contribution in [0, 0.1) is 0 Å². The highest BCUT2D eigenvalue weighted by molar-refractivity contribution is 6.74. The predicted molar refractivity (Wildman–Crippen MR) is 81.3 cm³/mol. The third-order valence-electron chi connectivity index (χ3n) is 4.35. The summed E-state index contributed by atoms with van der Waals surface area (Å²) in [5.74, 6) is -0.000513. The fourth-order valence-corrected chi connectivity index (χ4v) is 3.08. The lowest BCUT2D eigenvalue weighted by Gasteiger charge is -2.38. The maximum Gasteiger partial charge on any atom is 0.192 e. The largest absolute Gasteiger partial charge is 0.414 e. The number of ketones is 2. The van der Waals surface area contributed by atoms with E-state index >= 15 is 0 Å². The third kappa shape index (κ3) is 4.23. The summed E-state index contributed by atoms with van der Waals surface area (Å²) in [7, 11) is -1.85. The first-order valence-corrected chi connectivity index (χ1v) is 10.1. The summed E-state index contributed by atoms with van der Waals surface area (Å²) in [5.41, 5.74) is -0.591. The molecule has 0 aromatic carbocycles. The molecular formula is C15H28O4Si. The molecule has 20 heavy (non-hydrogen) atoms. The summed E-state index contributed by atoms with van der Waals surface area (Å²) in [6, 6.07) is 0. The van der Waals surface area contributed by atoms with E-state index in [1.165, 1.54) is 6.92 Å². The smallest absolute Gasteiger partial charge is 0.192 e. The number of carbonyl (C=O) groups excluding carboxylic acids is 2. The topological polar surface area (TPSA) is 52.6 Å². The maximum atomic E-state index is 11.9. The van der Waals surface area contributed by atoms with Gasteiger partial charge in [0.2, 0.25) is 0 Å². The van der Waals surface area contributed by atoms with E-state index in [-0.39, 0.29) is 23.0 Å². The molecule has 5 heteroatoms. The van der Waals surface area contributed by atoms with Crippen molar-refractivity contribution >= 4 is 19.9 Å². The predicted octanol–water partition coefficient (Wildman–Crippen LogP) is 3.10. The van der Waals surface area contributed by atoms with Gasteiger partial charge in [-0.1, -0.05) is 20.8 Å². The molecule has 1 aliphatic heterocycles. The Labute approximate surface area is 123 Å². The molecule has 0 bridgehead atoms. The summed E-state index contributed by atoms with van der Waals surface area (Å²) < 4.78 is 12.0. The van der Waals surface area contributed by atoms with Crippen LogP contribution in [0.1, 0.15) is 47.5 Å². The van der Waals surface area contributed by atoms with Gasteiger partial charge in [0.1, 0.15) is 11.9 Å². The molecule has 1 aliphatic rings. The Balaban J connectivity index is 2.65. The molecule has 0 spiro atoms. The van der Waals surface area contributed by atoms with Gasteiger partial charge < -0.3 is 9.16 Å². The molecule has 0 amide bonds. The quantitative estimate of drug-likeness (QED) is 0.732. The van der Waals surface area contributed by atoms with Crippen molar-refractivity contribution < 1.29 is 18.8 Å². The van der Waals surface area contributed by atoms with E-state index in [1.807, 2.05) is 6.92 Å². The van der Waals surface area contributed by atoms with E-state index in [0.717, 1.165) is 0 Å². The molecular weight excluding hydrogens is 272 g/mol. The van der Waals surface area contributed by atoms with Gasteiger partial charge in [-0.3, -0.25) is 9.59 Å². The van der Waals surface area contributed by atoms with Gasteiger partial charge in [-0.2, -0.15) is 0 Å². The van der Waals surface area contributed by atoms with Crippen LogP contribution in [-0.2, 0) is 18.8 Å². The Hall–Kier alpha value is -0.523. The molecule has 0 N–H and O–H groups in total. The maximum absolute atomic E-state index is 11.9. The molecule has 1 rings (SSSR count). The Morgan fingerprint density at radius 1 is 1.45 bits per heavy atom. The lowest BCUT2D eigenvalue weighted by molar-refractivity contribution is -0.130. The molecule has 2 atom stereocenters. The minimum absolute atomic E-state index is 0.0153. The van der Waals surface area contributed by atoms with Crippen molar-refractivity contribution in [2.24, 2.45) is 0 Å². The van der Waals surface area contributed by atoms with E-state index in [4.69, 9.17) is 9.16 Å². The minimum atomic E-state index is -1.85. The van der Waals surface area contributed by atoms with E-state index in [2.05, 4.69) is 33.9 Å². The number of carbonyl (C=O) groups is 2. The monoisotopic (exact) mass is 300 g/mol. The first-order valence-electron chi connectivity index (χ1n) is 7.20. The SMILES string of the molecule is CC(=O)CC1O[C@@](C)(CO[Si](C)(C)C(C)(C)C)CC1=O. The average molecular weight is 300 g/mol. The fraction of sp³-hybridized carbons (Fsp3) is 0.867. The van der Waals surface area contributed by atoms with Crippen molar-refractivity contribution in [1.82, 2.24) is 0 Å². The second-order valence-electron chi connectivity index (χ2n) is 7.65. The number of hydrogen-bond donors (Lipinski definition) is 0. The molecule has 1 saturated heterocycles. The van der Waals surface area contributed by atoms with Crippen LogP contribution in [0.5, 0.6) is 0 Å². The Bertz CT molecular complexity index is 397. The highest BCUT2D eigenvalue weighted by Crippen LogP contribution is 2.38. The Kier molecular flexibility index (Phi) is 4.99. The lowest BCUT2D eigenvalue weighted by Crippen LogP contribution is -2.45.